The zero-order valence-electron chi connectivity index (χ0n) is 22.3. The number of rotatable bonds is 11. The molecule has 0 spiro atoms. The molecule has 0 aliphatic carbocycles. The van der Waals surface area contributed by atoms with Gasteiger partial charge in [-0.3, -0.25) is 9.59 Å². The summed E-state index contributed by atoms with van der Waals surface area (Å²) in [5.74, 6) is -1.08. The number of hydrogen-bond acceptors (Lipinski definition) is 9. The third-order valence-corrected chi connectivity index (χ3v) is 10.5. The monoisotopic (exact) mass is 615 g/mol. The molecule has 3 aromatic heterocycles. The van der Waals surface area contributed by atoms with Crippen LogP contribution >= 0.6 is 22.9 Å². The van der Waals surface area contributed by atoms with Crippen molar-refractivity contribution in [2.45, 2.75) is 36.3 Å². The van der Waals surface area contributed by atoms with Crippen LogP contribution in [0.5, 0.6) is 0 Å². The van der Waals surface area contributed by atoms with Crippen LogP contribution in [0.1, 0.15) is 31.2 Å². The number of halogens is 1. The number of benzene rings is 1. The fraction of sp³-hybridized carbons (Fsp3) is 0.357. The summed E-state index contributed by atoms with van der Waals surface area (Å²) in [6, 6.07) is 11.1. The number of nitrogens with one attached hydrogen (secondary N) is 2. The van der Waals surface area contributed by atoms with Crippen LogP contribution in [-0.4, -0.2) is 65.6 Å². The minimum atomic E-state index is -3.79. The molecule has 1 aliphatic heterocycles. The van der Waals surface area contributed by atoms with E-state index in [0.29, 0.717) is 20.8 Å². The van der Waals surface area contributed by atoms with E-state index in [0.717, 1.165) is 54.2 Å². The summed E-state index contributed by atoms with van der Waals surface area (Å²) in [6.45, 7) is 4.16. The molecule has 4 heterocycles. The van der Waals surface area contributed by atoms with E-state index >= 15 is 0 Å². The highest BCUT2D eigenvalue weighted by Crippen LogP contribution is 2.26. The van der Waals surface area contributed by atoms with Crippen molar-refractivity contribution in [3.63, 3.8) is 0 Å². The van der Waals surface area contributed by atoms with Crippen LogP contribution in [0.2, 0.25) is 4.34 Å². The van der Waals surface area contributed by atoms with E-state index in [1.54, 1.807) is 18.2 Å². The normalized spacial score (nSPS) is 14.4. The lowest BCUT2D eigenvalue weighted by Gasteiger charge is -2.26. The van der Waals surface area contributed by atoms with E-state index in [4.69, 9.17) is 11.6 Å². The molecule has 41 heavy (non-hydrogen) atoms. The first-order valence-electron chi connectivity index (χ1n) is 13.4. The van der Waals surface area contributed by atoms with E-state index in [2.05, 4.69) is 20.2 Å². The number of carbonyl (C=O) groups excluding carboxylic acids is 1. The minimum absolute atomic E-state index is 0.0370. The van der Waals surface area contributed by atoms with Gasteiger partial charge in [0, 0.05) is 24.8 Å². The molecule has 2 N–H and O–H groups in total. The predicted molar refractivity (Wildman–Crippen MR) is 161 cm³/mol. The van der Waals surface area contributed by atoms with Gasteiger partial charge in [-0.15, -0.1) is 11.3 Å². The summed E-state index contributed by atoms with van der Waals surface area (Å²) in [4.78, 5) is 48.0. The Morgan fingerprint density at radius 3 is 2.59 bits per heavy atom. The van der Waals surface area contributed by atoms with Crippen molar-refractivity contribution < 1.29 is 13.2 Å². The molecule has 0 unspecified atom stereocenters. The van der Waals surface area contributed by atoms with Crippen LogP contribution in [0.15, 0.2) is 62.5 Å². The van der Waals surface area contributed by atoms with E-state index < -0.39 is 32.6 Å². The number of likely N-dealkylation sites (tertiary alicyclic amines) is 1. The molecule has 0 saturated carbocycles. The topological polar surface area (TPSA) is 134 Å². The van der Waals surface area contributed by atoms with E-state index in [1.165, 1.54) is 43.7 Å². The first-order valence-corrected chi connectivity index (χ1v) is 16.2. The average Bonchev–Trinajstić information content (AvgIpc) is 3.39. The molecule has 0 bridgehead atoms. The Hall–Kier alpha value is -3.32. The number of sulfone groups is 1. The third-order valence-electron chi connectivity index (χ3n) is 6.97. The Bertz CT molecular complexity index is 1770. The zero-order valence-corrected chi connectivity index (χ0v) is 24.7. The number of H-pyrrole nitrogens is 1. The van der Waals surface area contributed by atoms with Crippen molar-refractivity contribution in [3.05, 3.63) is 79.4 Å². The number of carbonyl (C=O) groups is 1. The first-order chi connectivity index (χ1) is 19.7. The smallest absolute Gasteiger partial charge is 0.334 e. The van der Waals surface area contributed by atoms with Gasteiger partial charge in [0.2, 0.25) is 0 Å². The molecule has 10 nitrogen and oxygen atoms in total. The molecule has 1 fully saturated rings. The summed E-state index contributed by atoms with van der Waals surface area (Å²) in [5, 5.41) is 3.70. The van der Waals surface area contributed by atoms with Crippen LogP contribution in [-0.2, 0) is 21.1 Å². The third kappa shape index (κ3) is 7.13. The van der Waals surface area contributed by atoms with E-state index in [9.17, 15) is 22.8 Å². The lowest BCUT2D eigenvalue weighted by Crippen LogP contribution is -2.34. The van der Waals surface area contributed by atoms with Gasteiger partial charge >= 0.3 is 5.69 Å². The number of hydrogen-bond donors (Lipinski definition) is 2. The first kappa shape index (κ1) is 29.2. The van der Waals surface area contributed by atoms with Gasteiger partial charge in [-0.25, -0.2) is 22.8 Å². The van der Waals surface area contributed by atoms with E-state index in [-0.39, 0.29) is 16.4 Å². The summed E-state index contributed by atoms with van der Waals surface area (Å²) in [6.07, 6.45) is 6.04. The number of fused-ring (bicyclic) bond motifs is 1. The molecular weight excluding hydrogens is 586 g/mol. The maximum atomic E-state index is 13.2. The molecule has 1 saturated heterocycles. The predicted octanol–water partition coefficient (Wildman–Crippen LogP) is 3.66. The number of anilines is 1. The van der Waals surface area contributed by atoms with Gasteiger partial charge in [0.15, 0.2) is 15.6 Å². The van der Waals surface area contributed by atoms with E-state index in [1.807, 2.05) is 6.07 Å². The molecule has 13 heteroatoms. The minimum Gasteiger partial charge on any atom is -0.385 e. The molecule has 0 radical (unpaired) electrons. The lowest BCUT2D eigenvalue weighted by atomic mass is 10.1. The van der Waals surface area contributed by atoms with Crippen LogP contribution < -0.4 is 16.6 Å². The number of piperidine rings is 1. The van der Waals surface area contributed by atoms with Crippen molar-refractivity contribution >= 4 is 55.1 Å². The Balaban J connectivity index is 1.24. The SMILES string of the molecule is O=C(Cc1ccc(-n2c(=O)[nH]c3cc(NCCCN4CCCCC4)ccc3c2=O)nc1)CS(=O)(=O)c1ccc(Cl)s1. The second-order valence-corrected chi connectivity index (χ2v) is 14.0. The van der Waals surface area contributed by atoms with Gasteiger partial charge in [0.1, 0.15) is 15.8 Å². The number of aromatic amines is 1. The molecule has 1 aliphatic rings. The van der Waals surface area contributed by atoms with Crippen molar-refractivity contribution in [2.24, 2.45) is 0 Å². The molecular formula is C28H30ClN5O5S2. The van der Waals surface area contributed by atoms with Crippen molar-refractivity contribution in [1.29, 1.82) is 0 Å². The maximum absolute atomic E-state index is 13.2. The molecule has 0 amide bonds. The van der Waals surface area contributed by atoms with Crippen LogP contribution in [0.4, 0.5) is 5.69 Å². The number of pyridine rings is 1. The standard InChI is InChI=1S/C28H30ClN5O5S2/c29-24-8-10-26(40-24)41(38,39)18-21(35)15-19-5-9-25(31-17-19)34-27(36)22-7-6-20(16-23(22)32-28(34)37)30-11-4-14-33-12-2-1-3-13-33/h5-10,16-17,30H,1-4,11-15,18H2,(H,32,37). The van der Waals surface area contributed by atoms with Gasteiger partial charge in [-0.1, -0.05) is 24.1 Å². The van der Waals surface area contributed by atoms with Crippen LogP contribution in [0.25, 0.3) is 16.7 Å². The summed E-state index contributed by atoms with van der Waals surface area (Å²) >= 11 is 6.71. The number of Topliss-reactive ketones (excluding diaryl/α,β-unsaturated/α-hetero) is 1. The second kappa shape index (κ2) is 12.7. The molecule has 1 aromatic carbocycles. The van der Waals surface area contributed by atoms with Crippen molar-refractivity contribution in [2.75, 3.05) is 37.2 Å². The molecule has 5 rings (SSSR count). The van der Waals surface area contributed by atoms with Gasteiger partial charge in [0.25, 0.3) is 5.56 Å². The summed E-state index contributed by atoms with van der Waals surface area (Å²) in [5.41, 5.74) is 0.548. The Morgan fingerprint density at radius 2 is 1.88 bits per heavy atom. The van der Waals surface area contributed by atoms with Crippen LogP contribution in [0.3, 0.4) is 0 Å². The number of thiophene rings is 1. The fourth-order valence-electron chi connectivity index (χ4n) is 4.93. The Kier molecular flexibility index (Phi) is 9.03. The van der Waals surface area contributed by atoms with Crippen molar-refractivity contribution in [1.82, 2.24) is 19.4 Å². The number of nitrogens with zero attached hydrogens (tertiary/aromatic N) is 3. The Morgan fingerprint density at radius 1 is 1.07 bits per heavy atom. The Labute approximate surface area is 245 Å². The molecule has 0 atom stereocenters. The van der Waals surface area contributed by atoms with Gasteiger partial charge in [0.05, 0.1) is 15.2 Å². The number of ketones is 1. The maximum Gasteiger partial charge on any atom is 0.334 e. The fourth-order valence-corrected chi connectivity index (χ4v) is 7.75. The van der Waals surface area contributed by atoms with Crippen LogP contribution in [0, 0.1) is 0 Å². The molecule has 216 valence electrons. The highest BCUT2D eigenvalue weighted by atomic mass is 35.5. The summed E-state index contributed by atoms with van der Waals surface area (Å²) in [7, 11) is -3.79. The second-order valence-electron chi connectivity index (χ2n) is 10.1. The lowest BCUT2D eigenvalue weighted by molar-refractivity contribution is -0.116. The van der Waals surface area contributed by atoms with Gasteiger partial charge in [-0.05, 0) is 80.9 Å². The highest BCUT2D eigenvalue weighted by molar-refractivity contribution is 7.94. The quantitative estimate of drug-likeness (QED) is 0.244. The number of aromatic nitrogens is 3. The molecule has 4 aromatic rings. The largest absolute Gasteiger partial charge is 0.385 e. The highest BCUT2D eigenvalue weighted by Gasteiger charge is 2.22. The summed E-state index contributed by atoms with van der Waals surface area (Å²) < 4.78 is 26.2. The average molecular weight is 616 g/mol. The van der Waals surface area contributed by atoms with Crippen molar-refractivity contribution in [3.8, 4) is 5.82 Å². The van der Waals surface area contributed by atoms with Gasteiger partial charge in [-0.2, -0.15) is 0 Å². The van der Waals surface area contributed by atoms with Gasteiger partial charge < -0.3 is 15.2 Å². The zero-order chi connectivity index (χ0) is 29.0.